The van der Waals surface area contributed by atoms with Crippen LogP contribution in [-0.2, 0) is 32.7 Å². The largest absolute Gasteiger partial charge is 0.756 e. The van der Waals surface area contributed by atoms with E-state index in [-0.39, 0.29) is 32.0 Å². The molecule has 0 fully saturated rings. The van der Waals surface area contributed by atoms with Crippen LogP contribution in [0.2, 0.25) is 0 Å². The van der Waals surface area contributed by atoms with Gasteiger partial charge in [0.05, 0.1) is 27.7 Å². The van der Waals surface area contributed by atoms with Gasteiger partial charge in [0.2, 0.25) is 0 Å². The van der Waals surface area contributed by atoms with E-state index in [1.165, 1.54) is 141 Å². The molecule has 0 saturated heterocycles. The third-order valence-electron chi connectivity index (χ3n) is 15.5. The normalized spacial score (nSPS) is 14.0. The number of allylic oxidation sites excluding steroid dienone is 26. The first-order valence-electron chi connectivity index (χ1n) is 37.2. The summed E-state index contributed by atoms with van der Waals surface area (Å²) in [5, 5.41) is 0. The topological polar surface area (TPSA) is 111 Å². The van der Waals surface area contributed by atoms with Crippen LogP contribution in [-0.4, -0.2) is 70.0 Å². The van der Waals surface area contributed by atoms with Crippen LogP contribution in [0.3, 0.4) is 0 Å². The Hall–Kier alpha value is -4.37. The van der Waals surface area contributed by atoms with Gasteiger partial charge in [-0.05, 0) is 122 Å². The second-order valence-electron chi connectivity index (χ2n) is 25.5. The Kier molecular flexibility index (Phi) is 67.6. The maximum absolute atomic E-state index is 12.9. The third-order valence-corrected chi connectivity index (χ3v) is 16.5. The molecule has 0 aliphatic rings. The zero-order valence-corrected chi connectivity index (χ0v) is 60.6. The maximum atomic E-state index is 12.9. The molecule has 2 atom stereocenters. The van der Waals surface area contributed by atoms with Crippen molar-refractivity contribution in [2.75, 3.05) is 47.5 Å². The number of esters is 2. The van der Waals surface area contributed by atoms with E-state index in [1.807, 2.05) is 21.1 Å². The van der Waals surface area contributed by atoms with Crippen molar-refractivity contribution >= 4 is 19.8 Å². The molecule has 0 aromatic heterocycles. The van der Waals surface area contributed by atoms with Crippen molar-refractivity contribution in [1.29, 1.82) is 0 Å². The van der Waals surface area contributed by atoms with E-state index < -0.39 is 26.5 Å². The van der Waals surface area contributed by atoms with Gasteiger partial charge in [-0.2, -0.15) is 0 Å². The summed E-state index contributed by atoms with van der Waals surface area (Å²) in [6, 6.07) is 0. The van der Waals surface area contributed by atoms with Crippen LogP contribution < -0.4 is 4.89 Å². The fourth-order valence-corrected chi connectivity index (χ4v) is 10.7. The van der Waals surface area contributed by atoms with Crippen molar-refractivity contribution in [3.63, 3.8) is 0 Å². The molecule has 0 rings (SSSR count). The van der Waals surface area contributed by atoms with E-state index in [0.717, 1.165) is 122 Å². The van der Waals surface area contributed by atoms with Crippen molar-refractivity contribution in [3.05, 3.63) is 158 Å². The number of unbranched alkanes of at least 4 members (excludes halogenated alkanes) is 27. The molecule has 0 spiro atoms. The van der Waals surface area contributed by atoms with Crippen LogP contribution in [0, 0.1) is 0 Å². The lowest BCUT2D eigenvalue weighted by Gasteiger charge is -2.28. The van der Waals surface area contributed by atoms with Crippen molar-refractivity contribution in [2.24, 2.45) is 0 Å². The highest BCUT2D eigenvalue weighted by atomic mass is 31.2. The van der Waals surface area contributed by atoms with Crippen LogP contribution in [0.5, 0.6) is 0 Å². The monoisotopic (exact) mass is 1300 g/mol. The molecule has 0 aliphatic carbocycles. The molecule has 0 radical (unpaired) electrons. The molecule has 0 heterocycles. The number of carbonyl (C=O) groups excluding carboxylic acids is 2. The minimum Gasteiger partial charge on any atom is -0.756 e. The van der Waals surface area contributed by atoms with E-state index in [2.05, 4.69) is 172 Å². The lowest BCUT2D eigenvalue weighted by Crippen LogP contribution is -2.37. The number of quaternary nitrogens is 1. The Morgan fingerprint density at radius 2 is 0.587 bits per heavy atom. The molecule has 0 aliphatic heterocycles. The van der Waals surface area contributed by atoms with Gasteiger partial charge in [0.15, 0.2) is 6.10 Å². The van der Waals surface area contributed by atoms with Crippen LogP contribution in [0.25, 0.3) is 0 Å². The average Bonchev–Trinajstić information content (AvgIpc) is 2.14. The average molecular weight is 1300 g/mol. The van der Waals surface area contributed by atoms with Gasteiger partial charge in [-0.25, -0.2) is 0 Å². The van der Waals surface area contributed by atoms with E-state index in [9.17, 15) is 19.0 Å². The number of ether oxygens (including phenoxy) is 2. The van der Waals surface area contributed by atoms with Gasteiger partial charge < -0.3 is 27.9 Å². The smallest absolute Gasteiger partial charge is 0.306 e. The van der Waals surface area contributed by atoms with Gasteiger partial charge in [-0.15, -0.1) is 0 Å². The molecule has 0 aromatic rings. The number of phosphoric ester groups is 1. The van der Waals surface area contributed by atoms with Gasteiger partial charge >= 0.3 is 11.9 Å². The zero-order valence-electron chi connectivity index (χ0n) is 59.7. The summed E-state index contributed by atoms with van der Waals surface area (Å²) in [7, 11) is 1.16. The first-order chi connectivity index (χ1) is 45.0. The SMILES string of the molecule is CC/C=C\C/C=C\C/C=C\C/C=C\C/C=C\C/C=C\C/C=C\C/C=C\CCCCCCCCCCCCCCCCC(=O)OC(COC(=O)CCCCCCCCCCCCCCC/C=C\C/C=C\C/C=C\C/C=C\C/C=C\CC)COP(=O)([O-])OCC[N+](C)(C)C. The predicted octanol–water partition coefficient (Wildman–Crippen LogP) is 24.1. The molecule has 0 amide bonds. The number of rotatable bonds is 67. The number of likely N-dealkylation sites (N-methyl/N-ethyl adjacent to an activating group) is 1. The summed E-state index contributed by atoms with van der Waals surface area (Å²) >= 11 is 0. The van der Waals surface area contributed by atoms with Crippen molar-refractivity contribution < 1.29 is 42.1 Å². The number of hydrogen-bond donors (Lipinski definition) is 0. The predicted molar refractivity (Wildman–Crippen MR) is 397 cm³/mol. The fourth-order valence-electron chi connectivity index (χ4n) is 9.94. The minimum absolute atomic E-state index is 0.0369. The molecule has 0 bridgehead atoms. The first kappa shape index (κ1) is 87.6. The molecule has 0 N–H and O–H groups in total. The Morgan fingerprint density at radius 3 is 0.870 bits per heavy atom. The molecular weight excluding hydrogens is 1160 g/mol. The standard InChI is InChI=1S/C82H138NO8P/c1-6-8-10-12-14-16-18-20-22-24-26-28-30-32-34-36-37-38-39-40-41-42-43-44-45-47-49-51-53-55-57-59-61-63-65-67-69-71-73-75-82(85)91-80(79-90-92(86,87)89-77-76-83(3,4)5)78-88-81(84)74-72-70-68-66-64-62-60-58-56-54-52-50-48-46-35-33-31-29-27-25-23-21-19-17-15-13-11-9-7-2/h8-11,14-17,20-23,26-29,32-35,37-38,40-41,43-44,80H,6-7,12-13,18-19,24-25,30-31,36,39,42,45-79H2,1-5H3/b10-8-,11-9-,16-14-,17-15-,22-20-,23-21-,28-26-,29-27-,34-32-,35-33-,38-37-,41-40-,44-43-. The summed E-state index contributed by atoms with van der Waals surface area (Å²) in [5.74, 6) is -0.836. The molecule has 524 valence electrons. The molecule has 0 saturated carbocycles. The van der Waals surface area contributed by atoms with Crippen LogP contribution in [0.1, 0.15) is 296 Å². The van der Waals surface area contributed by atoms with E-state index in [1.54, 1.807) is 0 Å². The highest BCUT2D eigenvalue weighted by Crippen LogP contribution is 2.38. The second-order valence-corrected chi connectivity index (χ2v) is 27.0. The molecule has 92 heavy (non-hydrogen) atoms. The Bertz CT molecular complexity index is 2110. The third kappa shape index (κ3) is 74.7. The number of hydrogen-bond acceptors (Lipinski definition) is 8. The summed E-state index contributed by atoms with van der Waals surface area (Å²) in [5.41, 5.74) is 0. The van der Waals surface area contributed by atoms with Crippen molar-refractivity contribution in [2.45, 2.75) is 302 Å². The number of phosphoric acid groups is 1. The van der Waals surface area contributed by atoms with E-state index >= 15 is 0 Å². The lowest BCUT2D eigenvalue weighted by molar-refractivity contribution is -0.870. The van der Waals surface area contributed by atoms with E-state index in [0.29, 0.717) is 17.4 Å². The zero-order chi connectivity index (χ0) is 66.9. The second kappa shape index (κ2) is 70.9. The van der Waals surface area contributed by atoms with Crippen LogP contribution in [0.15, 0.2) is 158 Å². The Morgan fingerprint density at radius 1 is 0.337 bits per heavy atom. The van der Waals surface area contributed by atoms with E-state index in [4.69, 9.17) is 18.5 Å². The number of carbonyl (C=O) groups is 2. The number of nitrogens with zero attached hydrogens (tertiary/aromatic N) is 1. The molecule has 9 nitrogen and oxygen atoms in total. The van der Waals surface area contributed by atoms with Crippen molar-refractivity contribution in [1.82, 2.24) is 0 Å². The molecular formula is C82H138NO8P. The summed E-state index contributed by atoms with van der Waals surface area (Å²) in [6.07, 6.45) is 106. The Labute approximate surface area is 566 Å². The maximum Gasteiger partial charge on any atom is 0.306 e. The summed E-state index contributed by atoms with van der Waals surface area (Å²) < 4.78 is 34.4. The van der Waals surface area contributed by atoms with Crippen LogP contribution in [0.4, 0.5) is 0 Å². The quantitative estimate of drug-likeness (QED) is 0.0195. The molecule has 10 heteroatoms. The summed E-state index contributed by atoms with van der Waals surface area (Å²) in [6.45, 7) is 4.02. The van der Waals surface area contributed by atoms with Gasteiger partial charge in [-0.3, -0.25) is 14.2 Å². The molecule has 2 unspecified atom stereocenters. The fraction of sp³-hybridized carbons (Fsp3) is 0.659. The lowest BCUT2D eigenvalue weighted by atomic mass is 10.0. The molecule has 0 aromatic carbocycles. The van der Waals surface area contributed by atoms with Crippen LogP contribution >= 0.6 is 7.82 Å². The first-order valence-corrected chi connectivity index (χ1v) is 38.7. The highest BCUT2D eigenvalue weighted by molar-refractivity contribution is 7.45. The highest BCUT2D eigenvalue weighted by Gasteiger charge is 2.22. The minimum atomic E-state index is -4.65. The van der Waals surface area contributed by atoms with Gasteiger partial charge in [0.25, 0.3) is 7.82 Å². The van der Waals surface area contributed by atoms with Gasteiger partial charge in [0, 0.05) is 12.8 Å². The Balaban J connectivity index is 4.05. The van der Waals surface area contributed by atoms with Gasteiger partial charge in [0.1, 0.15) is 19.8 Å². The summed E-state index contributed by atoms with van der Waals surface area (Å²) in [4.78, 5) is 38.1. The van der Waals surface area contributed by atoms with Gasteiger partial charge in [-0.1, -0.05) is 320 Å². The van der Waals surface area contributed by atoms with Crippen molar-refractivity contribution in [3.8, 4) is 0 Å².